The van der Waals surface area contributed by atoms with Crippen molar-refractivity contribution >= 4 is 0 Å². The smallest absolute Gasteiger partial charge is 0.0724 e. The molecule has 2 atom stereocenters. The molecule has 2 nitrogen and oxygen atoms in total. The van der Waals surface area contributed by atoms with Crippen LogP contribution in [0.4, 0.5) is 0 Å². The highest BCUT2D eigenvalue weighted by Gasteiger charge is 2.25. The Morgan fingerprint density at radius 1 is 1.45 bits per heavy atom. The van der Waals surface area contributed by atoms with Crippen molar-refractivity contribution in [2.24, 2.45) is 0 Å². The maximum Gasteiger partial charge on any atom is 0.0724 e. The second-order valence-corrected chi connectivity index (χ2v) is 3.27. The van der Waals surface area contributed by atoms with Gasteiger partial charge in [0.05, 0.1) is 6.10 Å². The second kappa shape index (κ2) is 4.73. The summed E-state index contributed by atoms with van der Waals surface area (Å²) in [5.41, 5.74) is 0. The fraction of sp³-hybridized carbons (Fsp3) is 1.00. The second-order valence-electron chi connectivity index (χ2n) is 3.27. The molecule has 11 heavy (non-hydrogen) atoms. The molecule has 0 radical (unpaired) electrons. The SMILES string of the molecule is CCCN[C@H]1CCC[C@@H]1OC. The zero-order valence-corrected chi connectivity index (χ0v) is 7.60. The van der Waals surface area contributed by atoms with Crippen LogP contribution in [-0.4, -0.2) is 25.8 Å². The summed E-state index contributed by atoms with van der Waals surface area (Å²) in [6, 6.07) is 0.625. The lowest BCUT2D eigenvalue weighted by atomic mass is 10.2. The van der Waals surface area contributed by atoms with Crippen molar-refractivity contribution in [1.29, 1.82) is 0 Å². The number of hydrogen-bond donors (Lipinski definition) is 1. The van der Waals surface area contributed by atoms with Crippen molar-refractivity contribution in [1.82, 2.24) is 5.32 Å². The monoisotopic (exact) mass is 157 g/mol. The fourth-order valence-electron chi connectivity index (χ4n) is 1.77. The minimum Gasteiger partial charge on any atom is -0.380 e. The number of rotatable bonds is 4. The maximum absolute atomic E-state index is 5.36. The summed E-state index contributed by atoms with van der Waals surface area (Å²) in [6.45, 7) is 3.33. The molecule has 1 N–H and O–H groups in total. The average molecular weight is 157 g/mol. The van der Waals surface area contributed by atoms with E-state index in [4.69, 9.17) is 4.74 Å². The maximum atomic E-state index is 5.36. The van der Waals surface area contributed by atoms with E-state index in [0.29, 0.717) is 12.1 Å². The average Bonchev–Trinajstić information content (AvgIpc) is 2.47. The van der Waals surface area contributed by atoms with E-state index >= 15 is 0 Å². The van der Waals surface area contributed by atoms with Crippen LogP contribution in [0.25, 0.3) is 0 Å². The van der Waals surface area contributed by atoms with E-state index in [0.717, 1.165) is 6.54 Å². The lowest BCUT2D eigenvalue weighted by Crippen LogP contribution is -2.37. The third-order valence-electron chi connectivity index (χ3n) is 2.41. The van der Waals surface area contributed by atoms with Gasteiger partial charge in [0.2, 0.25) is 0 Å². The Hall–Kier alpha value is -0.0800. The molecule has 0 aliphatic heterocycles. The first-order valence-corrected chi connectivity index (χ1v) is 4.64. The molecule has 1 saturated carbocycles. The van der Waals surface area contributed by atoms with Gasteiger partial charge in [0.1, 0.15) is 0 Å². The molecule has 0 aromatic carbocycles. The lowest BCUT2D eigenvalue weighted by Gasteiger charge is -2.18. The minimum atomic E-state index is 0.474. The summed E-state index contributed by atoms with van der Waals surface area (Å²) < 4.78 is 5.36. The first-order chi connectivity index (χ1) is 5.38. The van der Waals surface area contributed by atoms with Gasteiger partial charge in [0.15, 0.2) is 0 Å². The molecule has 0 amide bonds. The van der Waals surface area contributed by atoms with Gasteiger partial charge in [-0.25, -0.2) is 0 Å². The Labute approximate surface area is 69.3 Å². The van der Waals surface area contributed by atoms with Gasteiger partial charge in [-0.1, -0.05) is 6.92 Å². The number of hydrogen-bond acceptors (Lipinski definition) is 2. The molecule has 0 unspecified atom stereocenters. The van der Waals surface area contributed by atoms with E-state index in [9.17, 15) is 0 Å². The van der Waals surface area contributed by atoms with E-state index in [1.165, 1.54) is 25.7 Å². The Balaban J connectivity index is 2.20. The highest BCUT2D eigenvalue weighted by molar-refractivity contribution is 4.83. The van der Waals surface area contributed by atoms with Gasteiger partial charge in [-0.2, -0.15) is 0 Å². The zero-order valence-electron chi connectivity index (χ0n) is 7.60. The van der Waals surface area contributed by atoms with Crippen LogP contribution in [0.2, 0.25) is 0 Å². The lowest BCUT2D eigenvalue weighted by molar-refractivity contribution is 0.0853. The molecule has 2 heteroatoms. The molecule has 0 aromatic rings. The van der Waals surface area contributed by atoms with Crippen LogP contribution in [0.3, 0.4) is 0 Å². The summed E-state index contributed by atoms with van der Waals surface area (Å²) in [6.07, 6.45) is 5.53. The van der Waals surface area contributed by atoms with Gasteiger partial charge in [-0.15, -0.1) is 0 Å². The molecule has 0 saturated heterocycles. The summed E-state index contributed by atoms with van der Waals surface area (Å²) in [4.78, 5) is 0. The van der Waals surface area contributed by atoms with Gasteiger partial charge < -0.3 is 10.1 Å². The summed E-state index contributed by atoms with van der Waals surface area (Å²) in [5, 5.41) is 3.51. The Kier molecular flexibility index (Phi) is 3.87. The molecular weight excluding hydrogens is 138 g/mol. The van der Waals surface area contributed by atoms with Crippen molar-refractivity contribution < 1.29 is 4.74 Å². The van der Waals surface area contributed by atoms with Crippen LogP contribution in [0, 0.1) is 0 Å². The van der Waals surface area contributed by atoms with E-state index in [2.05, 4.69) is 12.2 Å². The molecule has 0 aromatic heterocycles. The number of ether oxygens (including phenoxy) is 1. The quantitative estimate of drug-likeness (QED) is 0.668. The van der Waals surface area contributed by atoms with Crippen LogP contribution in [0.1, 0.15) is 32.6 Å². The van der Waals surface area contributed by atoms with Crippen LogP contribution in [0.15, 0.2) is 0 Å². The largest absolute Gasteiger partial charge is 0.380 e. The normalized spacial score (nSPS) is 31.1. The first-order valence-electron chi connectivity index (χ1n) is 4.64. The molecule has 0 heterocycles. The van der Waals surface area contributed by atoms with Crippen molar-refractivity contribution in [3.05, 3.63) is 0 Å². The molecular formula is C9H19NO. The summed E-state index contributed by atoms with van der Waals surface area (Å²) >= 11 is 0. The molecule has 66 valence electrons. The van der Waals surface area contributed by atoms with Gasteiger partial charge >= 0.3 is 0 Å². The van der Waals surface area contributed by atoms with Crippen LogP contribution in [-0.2, 0) is 4.74 Å². The molecule has 1 rings (SSSR count). The summed E-state index contributed by atoms with van der Waals surface area (Å²) in [7, 11) is 1.82. The topological polar surface area (TPSA) is 21.3 Å². The highest BCUT2D eigenvalue weighted by Crippen LogP contribution is 2.21. The predicted molar refractivity (Wildman–Crippen MR) is 46.7 cm³/mol. The van der Waals surface area contributed by atoms with Crippen LogP contribution in [0.5, 0.6) is 0 Å². The van der Waals surface area contributed by atoms with Gasteiger partial charge in [-0.05, 0) is 32.2 Å². The Morgan fingerprint density at radius 2 is 2.27 bits per heavy atom. The number of nitrogens with one attached hydrogen (secondary N) is 1. The standard InChI is InChI=1S/C9H19NO/c1-3-7-10-8-5-4-6-9(8)11-2/h8-10H,3-7H2,1-2H3/t8-,9-/m0/s1. The third-order valence-corrected chi connectivity index (χ3v) is 2.41. The van der Waals surface area contributed by atoms with Crippen molar-refractivity contribution in [3.8, 4) is 0 Å². The van der Waals surface area contributed by atoms with Crippen LogP contribution < -0.4 is 5.32 Å². The van der Waals surface area contributed by atoms with Crippen molar-refractivity contribution in [3.63, 3.8) is 0 Å². The molecule has 1 aliphatic rings. The van der Waals surface area contributed by atoms with E-state index in [1.807, 2.05) is 7.11 Å². The first kappa shape index (κ1) is 9.01. The Bertz CT molecular complexity index is 106. The molecule has 0 bridgehead atoms. The molecule has 1 fully saturated rings. The fourth-order valence-corrected chi connectivity index (χ4v) is 1.77. The summed E-state index contributed by atoms with van der Waals surface area (Å²) in [5.74, 6) is 0. The highest BCUT2D eigenvalue weighted by atomic mass is 16.5. The molecule has 1 aliphatic carbocycles. The minimum absolute atomic E-state index is 0.474. The van der Waals surface area contributed by atoms with E-state index in [1.54, 1.807) is 0 Å². The van der Waals surface area contributed by atoms with Crippen molar-refractivity contribution in [2.75, 3.05) is 13.7 Å². The molecule has 0 spiro atoms. The number of methoxy groups -OCH3 is 1. The van der Waals surface area contributed by atoms with Crippen molar-refractivity contribution in [2.45, 2.75) is 44.8 Å². The van der Waals surface area contributed by atoms with Crippen LogP contribution >= 0.6 is 0 Å². The van der Waals surface area contributed by atoms with Gasteiger partial charge in [-0.3, -0.25) is 0 Å². The van der Waals surface area contributed by atoms with E-state index in [-0.39, 0.29) is 0 Å². The van der Waals surface area contributed by atoms with Gasteiger partial charge in [0, 0.05) is 13.2 Å². The Morgan fingerprint density at radius 3 is 2.91 bits per heavy atom. The predicted octanol–water partition coefficient (Wildman–Crippen LogP) is 1.55. The zero-order chi connectivity index (χ0) is 8.10. The third kappa shape index (κ3) is 2.46. The van der Waals surface area contributed by atoms with E-state index < -0.39 is 0 Å². The van der Waals surface area contributed by atoms with Gasteiger partial charge in [0.25, 0.3) is 0 Å².